The van der Waals surface area contributed by atoms with Crippen molar-refractivity contribution in [2.75, 3.05) is 0 Å². The summed E-state index contributed by atoms with van der Waals surface area (Å²) in [6.07, 6.45) is 3.54. The Balaban J connectivity index is 1.99. The minimum atomic E-state index is 0.832. The zero-order valence-corrected chi connectivity index (χ0v) is 9.37. The van der Waals surface area contributed by atoms with E-state index in [-0.39, 0.29) is 0 Å². The summed E-state index contributed by atoms with van der Waals surface area (Å²) in [5.74, 6) is 0.922. The molecule has 0 amide bonds. The molecule has 2 rings (SSSR count). The van der Waals surface area contributed by atoms with E-state index in [0.717, 1.165) is 10.9 Å². The molecule has 0 N–H and O–H groups in total. The molecule has 0 spiro atoms. The summed E-state index contributed by atoms with van der Waals surface area (Å²) in [6.45, 7) is 2.10. The largest absolute Gasteiger partial charge is 0.231 e. The molecule has 2 aromatic rings. The van der Waals surface area contributed by atoms with Crippen molar-refractivity contribution in [1.29, 1.82) is 0 Å². The van der Waals surface area contributed by atoms with E-state index >= 15 is 0 Å². The molecule has 1 aromatic heterocycles. The van der Waals surface area contributed by atoms with Gasteiger partial charge in [0.25, 0.3) is 0 Å². The van der Waals surface area contributed by atoms with Gasteiger partial charge in [0.1, 0.15) is 0 Å². The smallest absolute Gasteiger partial charge is 0.187 e. The second kappa shape index (κ2) is 4.94. The first-order valence-corrected chi connectivity index (χ1v) is 5.78. The molecule has 2 nitrogen and oxygen atoms in total. The van der Waals surface area contributed by atoms with Crippen molar-refractivity contribution in [3.05, 3.63) is 53.9 Å². The summed E-state index contributed by atoms with van der Waals surface area (Å²) in [6, 6.07) is 10.3. The summed E-state index contributed by atoms with van der Waals surface area (Å²) in [7, 11) is 0. The quantitative estimate of drug-likeness (QED) is 0.582. The van der Waals surface area contributed by atoms with Gasteiger partial charge in [-0.3, -0.25) is 0 Å². The Morgan fingerprint density at radius 2 is 1.93 bits per heavy atom. The first-order chi connectivity index (χ1) is 7.34. The summed E-state index contributed by atoms with van der Waals surface area (Å²) in [5.41, 5.74) is 2.61. The van der Waals surface area contributed by atoms with E-state index in [4.69, 9.17) is 0 Å². The SMILES string of the molecule is Cc1cccc(CSc2ncccn2)c1. The number of aromatic nitrogens is 2. The van der Waals surface area contributed by atoms with E-state index in [9.17, 15) is 0 Å². The molecule has 0 unspecified atom stereocenters. The van der Waals surface area contributed by atoms with Crippen molar-refractivity contribution in [3.63, 3.8) is 0 Å². The first kappa shape index (κ1) is 10.2. The minimum absolute atomic E-state index is 0.832. The predicted octanol–water partition coefficient (Wildman–Crippen LogP) is 3.08. The fourth-order valence-electron chi connectivity index (χ4n) is 1.31. The highest BCUT2D eigenvalue weighted by molar-refractivity contribution is 7.98. The van der Waals surface area contributed by atoms with Crippen LogP contribution in [0.25, 0.3) is 0 Å². The van der Waals surface area contributed by atoms with Gasteiger partial charge < -0.3 is 0 Å². The maximum Gasteiger partial charge on any atom is 0.187 e. The molecule has 1 aromatic carbocycles. The topological polar surface area (TPSA) is 25.8 Å². The highest BCUT2D eigenvalue weighted by Gasteiger charge is 1.97. The van der Waals surface area contributed by atoms with Gasteiger partial charge in [0, 0.05) is 18.1 Å². The van der Waals surface area contributed by atoms with E-state index in [0.29, 0.717) is 0 Å². The number of hydrogen-bond donors (Lipinski definition) is 0. The molecule has 0 saturated heterocycles. The Morgan fingerprint density at radius 1 is 1.13 bits per heavy atom. The Kier molecular flexibility index (Phi) is 3.35. The van der Waals surface area contributed by atoms with Gasteiger partial charge >= 0.3 is 0 Å². The van der Waals surface area contributed by atoms with Crippen LogP contribution >= 0.6 is 11.8 Å². The van der Waals surface area contributed by atoms with Gasteiger partial charge in [-0.2, -0.15) is 0 Å². The Labute approximate surface area is 93.8 Å². The monoisotopic (exact) mass is 216 g/mol. The molecular formula is C12H12N2S. The van der Waals surface area contributed by atoms with Crippen molar-refractivity contribution >= 4 is 11.8 Å². The van der Waals surface area contributed by atoms with E-state index in [1.807, 2.05) is 6.07 Å². The molecule has 0 saturated carbocycles. The van der Waals surface area contributed by atoms with Crippen molar-refractivity contribution in [1.82, 2.24) is 9.97 Å². The Hall–Kier alpha value is -1.35. The molecule has 0 aliphatic carbocycles. The highest BCUT2D eigenvalue weighted by Crippen LogP contribution is 2.18. The third kappa shape index (κ3) is 3.06. The number of thioether (sulfide) groups is 1. The zero-order chi connectivity index (χ0) is 10.5. The third-order valence-corrected chi connectivity index (χ3v) is 2.94. The Morgan fingerprint density at radius 3 is 2.67 bits per heavy atom. The van der Waals surface area contributed by atoms with Gasteiger partial charge in [-0.25, -0.2) is 9.97 Å². The average molecular weight is 216 g/mol. The zero-order valence-electron chi connectivity index (χ0n) is 8.55. The fourth-order valence-corrected chi connectivity index (χ4v) is 2.06. The third-order valence-electron chi connectivity index (χ3n) is 1.99. The van der Waals surface area contributed by atoms with Crippen LogP contribution in [0.4, 0.5) is 0 Å². The second-order valence-corrected chi connectivity index (χ2v) is 4.25. The van der Waals surface area contributed by atoms with Gasteiger partial charge in [-0.05, 0) is 18.6 Å². The van der Waals surface area contributed by atoms with Crippen LogP contribution in [-0.2, 0) is 5.75 Å². The van der Waals surface area contributed by atoms with Crippen molar-refractivity contribution in [2.45, 2.75) is 17.8 Å². The summed E-state index contributed by atoms with van der Waals surface area (Å²) in [5, 5.41) is 0.832. The maximum absolute atomic E-state index is 4.17. The molecular weight excluding hydrogens is 204 g/mol. The molecule has 0 fully saturated rings. The van der Waals surface area contributed by atoms with Crippen LogP contribution < -0.4 is 0 Å². The van der Waals surface area contributed by atoms with Crippen molar-refractivity contribution in [3.8, 4) is 0 Å². The molecule has 1 heterocycles. The number of hydrogen-bond acceptors (Lipinski definition) is 3. The number of benzene rings is 1. The maximum atomic E-state index is 4.17. The standard InChI is InChI=1S/C12H12N2S/c1-10-4-2-5-11(8-10)9-15-12-13-6-3-7-14-12/h2-8H,9H2,1H3. The van der Waals surface area contributed by atoms with Gasteiger partial charge in [0.2, 0.25) is 0 Å². The molecule has 0 aliphatic rings. The molecule has 0 radical (unpaired) electrons. The lowest BCUT2D eigenvalue weighted by Crippen LogP contribution is -1.86. The molecule has 76 valence electrons. The van der Waals surface area contributed by atoms with Gasteiger partial charge in [0.15, 0.2) is 5.16 Å². The van der Waals surface area contributed by atoms with Gasteiger partial charge in [-0.1, -0.05) is 41.6 Å². The number of nitrogens with zero attached hydrogens (tertiary/aromatic N) is 2. The van der Waals surface area contributed by atoms with Gasteiger partial charge in [0.05, 0.1) is 0 Å². The lowest BCUT2D eigenvalue weighted by atomic mass is 10.2. The van der Waals surface area contributed by atoms with Crippen LogP contribution in [0.15, 0.2) is 47.9 Å². The molecule has 0 aliphatic heterocycles. The van der Waals surface area contributed by atoms with Crippen molar-refractivity contribution < 1.29 is 0 Å². The summed E-state index contributed by atoms with van der Waals surface area (Å²) < 4.78 is 0. The lowest BCUT2D eigenvalue weighted by Gasteiger charge is -2.01. The van der Waals surface area contributed by atoms with Crippen LogP contribution in [0.3, 0.4) is 0 Å². The summed E-state index contributed by atoms with van der Waals surface area (Å²) in [4.78, 5) is 8.34. The van der Waals surface area contributed by atoms with E-state index in [1.54, 1.807) is 24.2 Å². The molecule has 0 bridgehead atoms. The van der Waals surface area contributed by atoms with Crippen LogP contribution in [0.5, 0.6) is 0 Å². The van der Waals surface area contributed by atoms with E-state index < -0.39 is 0 Å². The lowest BCUT2D eigenvalue weighted by molar-refractivity contribution is 0.966. The Bertz CT molecular complexity index is 429. The summed E-state index contributed by atoms with van der Waals surface area (Å²) >= 11 is 1.66. The van der Waals surface area contributed by atoms with Crippen molar-refractivity contribution in [2.24, 2.45) is 0 Å². The molecule has 15 heavy (non-hydrogen) atoms. The van der Waals surface area contributed by atoms with Crippen LogP contribution in [0.2, 0.25) is 0 Å². The van der Waals surface area contributed by atoms with Crippen LogP contribution in [0.1, 0.15) is 11.1 Å². The predicted molar refractivity (Wildman–Crippen MR) is 62.8 cm³/mol. The van der Waals surface area contributed by atoms with Gasteiger partial charge in [-0.15, -0.1) is 0 Å². The first-order valence-electron chi connectivity index (χ1n) is 4.80. The average Bonchev–Trinajstić information content (AvgIpc) is 2.28. The second-order valence-electron chi connectivity index (χ2n) is 3.31. The number of aryl methyl sites for hydroxylation is 1. The minimum Gasteiger partial charge on any atom is -0.231 e. The molecule has 0 atom stereocenters. The van der Waals surface area contributed by atoms with Crippen LogP contribution in [0, 0.1) is 6.92 Å². The van der Waals surface area contributed by atoms with E-state index in [1.165, 1.54) is 11.1 Å². The number of rotatable bonds is 3. The molecule has 3 heteroatoms. The fraction of sp³-hybridized carbons (Fsp3) is 0.167. The van der Waals surface area contributed by atoms with E-state index in [2.05, 4.69) is 41.2 Å². The highest BCUT2D eigenvalue weighted by atomic mass is 32.2. The van der Waals surface area contributed by atoms with Crippen LogP contribution in [-0.4, -0.2) is 9.97 Å². The normalized spacial score (nSPS) is 10.2.